The summed E-state index contributed by atoms with van der Waals surface area (Å²) in [6.07, 6.45) is 12.1. The molecule has 1 aliphatic heterocycles. The van der Waals surface area contributed by atoms with Gasteiger partial charge >= 0.3 is 5.97 Å². The number of carboxylic acid groups (broad SMARTS) is 1. The van der Waals surface area contributed by atoms with Crippen molar-refractivity contribution in [3.05, 3.63) is 12.2 Å². The Kier molecular flexibility index (Phi) is 4.32. The molecule has 0 aromatic carbocycles. The molecule has 1 saturated carbocycles. The van der Waals surface area contributed by atoms with Gasteiger partial charge in [-0.2, -0.15) is 0 Å². The van der Waals surface area contributed by atoms with E-state index < -0.39 is 11.9 Å². The lowest BCUT2D eigenvalue weighted by atomic mass is 9.76. The zero-order chi connectivity index (χ0) is 14.8. The van der Waals surface area contributed by atoms with Gasteiger partial charge in [0.25, 0.3) is 0 Å². The molecule has 2 fully saturated rings. The summed E-state index contributed by atoms with van der Waals surface area (Å²) in [6, 6.07) is 0.375. The number of carboxylic acids is 1. The Morgan fingerprint density at radius 1 is 0.952 bits per heavy atom. The average Bonchev–Trinajstić information content (AvgIpc) is 2.53. The van der Waals surface area contributed by atoms with Crippen LogP contribution < -0.4 is 0 Å². The molecule has 0 unspecified atom stereocenters. The van der Waals surface area contributed by atoms with Crippen LogP contribution in [0.1, 0.15) is 51.4 Å². The molecule has 1 N–H and O–H groups in total. The van der Waals surface area contributed by atoms with Crippen molar-refractivity contribution in [2.75, 3.05) is 6.54 Å². The van der Waals surface area contributed by atoms with E-state index in [1.165, 1.54) is 25.7 Å². The molecule has 116 valence electrons. The monoisotopic (exact) mass is 291 g/mol. The Morgan fingerprint density at radius 3 is 2.38 bits per heavy atom. The van der Waals surface area contributed by atoms with E-state index in [1.54, 1.807) is 0 Å². The summed E-state index contributed by atoms with van der Waals surface area (Å²) in [5.74, 6) is -0.961. The van der Waals surface area contributed by atoms with E-state index in [4.69, 9.17) is 0 Å². The third-order valence-corrected chi connectivity index (χ3v) is 5.59. The molecular formula is C17H25NO3. The normalized spacial score (nSPS) is 36.1. The lowest BCUT2D eigenvalue weighted by Crippen LogP contribution is -2.53. The Balaban J connectivity index is 1.76. The maximum Gasteiger partial charge on any atom is 0.307 e. The number of amides is 1. The number of hydrogen-bond donors (Lipinski definition) is 1. The predicted molar refractivity (Wildman–Crippen MR) is 79.7 cm³/mol. The number of aliphatic carboxylic acids is 1. The number of hydrogen-bond acceptors (Lipinski definition) is 2. The van der Waals surface area contributed by atoms with Crippen molar-refractivity contribution in [1.29, 1.82) is 0 Å². The van der Waals surface area contributed by atoms with Crippen molar-refractivity contribution in [2.24, 2.45) is 17.8 Å². The fourth-order valence-electron chi connectivity index (χ4n) is 4.47. The average molecular weight is 291 g/mol. The van der Waals surface area contributed by atoms with Crippen LogP contribution in [0.25, 0.3) is 0 Å². The van der Waals surface area contributed by atoms with E-state index in [1.807, 2.05) is 17.1 Å². The highest BCUT2D eigenvalue weighted by Crippen LogP contribution is 2.37. The summed E-state index contributed by atoms with van der Waals surface area (Å²) in [4.78, 5) is 26.4. The molecule has 0 radical (unpaired) electrons. The molecule has 0 spiro atoms. The first-order valence-corrected chi connectivity index (χ1v) is 8.36. The third-order valence-electron chi connectivity index (χ3n) is 5.59. The molecule has 1 heterocycles. The first-order chi connectivity index (χ1) is 10.2. The van der Waals surface area contributed by atoms with E-state index in [9.17, 15) is 14.7 Å². The van der Waals surface area contributed by atoms with Gasteiger partial charge < -0.3 is 10.0 Å². The van der Waals surface area contributed by atoms with Gasteiger partial charge in [-0.15, -0.1) is 0 Å². The lowest BCUT2D eigenvalue weighted by Gasteiger charge is -2.46. The standard InChI is InChI=1S/C17H25NO3/c19-16(13-8-2-3-9-14(13)17(20)21)18-11-5-7-12-6-1-4-10-15(12)18/h2-3,12-15H,1,4-11H2,(H,20,21)/t12-,13-,14+,15-/m1/s1. The second-order valence-corrected chi connectivity index (χ2v) is 6.78. The van der Waals surface area contributed by atoms with Crippen LogP contribution >= 0.6 is 0 Å². The fourth-order valence-corrected chi connectivity index (χ4v) is 4.47. The molecule has 4 atom stereocenters. The van der Waals surface area contributed by atoms with Crippen LogP contribution in [0.15, 0.2) is 12.2 Å². The summed E-state index contributed by atoms with van der Waals surface area (Å²) in [6.45, 7) is 0.826. The van der Waals surface area contributed by atoms with E-state index in [-0.39, 0.29) is 11.8 Å². The van der Waals surface area contributed by atoms with Gasteiger partial charge in [0.15, 0.2) is 0 Å². The Hall–Kier alpha value is -1.32. The van der Waals surface area contributed by atoms with Crippen molar-refractivity contribution < 1.29 is 14.7 Å². The van der Waals surface area contributed by atoms with E-state index >= 15 is 0 Å². The highest BCUT2D eigenvalue weighted by Gasteiger charge is 2.41. The number of nitrogens with zero attached hydrogens (tertiary/aromatic N) is 1. The van der Waals surface area contributed by atoms with Crippen LogP contribution in [0.4, 0.5) is 0 Å². The number of piperidine rings is 1. The molecule has 0 bridgehead atoms. The first kappa shape index (κ1) is 14.6. The number of likely N-dealkylation sites (tertiary alicyclic amines) is 1. The minimum Gasteiger partial charge on any atom is -0.481 e. The molecular weight excluding hydrogens is 266 g/mol. The predicted octanol–water partition coefficient (Wildman–Crippen LogP) is 2.83. The van der Waals surface area contributed by atoms with Crippen LogP contribution in [0.2, 0.25) is 0 Å². The summed E-state index contributed by atoms with van der Waals surface area (Å²) in [5, 5.41) is 9.38. The van der Waals surface area contributed by atoms with Gasteiger partial charge in [0.2, 0.25) is 5.91 Å². The summed E-state index contributed by atoms with van der Waals surface area (Å²) in [5.41, 5.74) is 0. The van der Waals surface area contributed by atoms with Gasteiger partial charge in [0.05, 0.1) is 11.8 Å². The largest absolute Gasteiger partial charge is 0.481 e. The van der Waals surface area contributed by atoms with Crippen molar-refractivity contribution in [2.45, 2.75) is 57.4 Å². The summed E-state index contributed by atoms with van der Waals surface area (Å²) >= 11 is 0. The first-order valence-electron chi connectivity index (χ1n) is 8.36. The minimum absolute atomic E-state index is 0.100. The summed E-state index contributed by atoms with van der Waals surface area (Å²) < 4.78 is 0. The summed E-state index contributed by atoms with van der Waals surface area (Å²) in [7, 11) is 0. The van der Waals surface area contributed by atoms with Gasteiger partial charge in [0.1, 0.15) is 0 Å². The lowest BCUT2D eigenvalue weighted by molar-refractivity contribution is -0.153. The quantitative estimate of drug-likeness (QED) is 0.796. The number of carbonyl (C=O) groups is 2. The van der Waals surface area contributed by atoms with Crippen LogP contribution in [0, 0.1) is 17.8 Å². The number of fused-ring (bicyclic) bond motifs is 1. The molecule has 3 aliphatic rings. The van der Waals surface area contributed by atoms with Crippen molar-refractivity contribution in [1.82, 2.24) is 4.90 Å². The second-order valence-electron chi connectivity index (χ2n) is 6.78. The van der Waals surface area contributed by atoms with Gasteiger partial charge in [0, 0.05) is 12.6 Å². The fraction of sp³-hybridized carbons (Fsp3) is 0.765. The van der Waals surface area contributed by atoms with Crippen LogP contribution in [0.3, 0.4) is 0 Å². The van der Waals surface area contributed by atoms with Crippen LogP contribution in [0.5, 0.6) is 0 Å². The topological polar surface area (TPSA) is 57.6 Å². The number of carbonyl (C=O) groups excluding carboxylic acids is 1. The molecule has 1 amide bonds. The third kappa shape index (κ3) is 2.85. The van der Waals surface area contributed by atoms with Gasteiger partial charge in [-0.3, -0.25) is 9.59 Å². The minimum atomic E-state index is -0.824. The van der Waals surface area contributed by atoms with E-state index in [0.717, 1.165) is 19.4 Å². The maximum atomic E-state index is 13.0. The van der Waals surface area contributed by atoms with Gasteiger partial charge in [-0.25, -0.2) is 0 Å². The molecule has 4 heteroatoms. The maximum absolute atomic E-state index is 13.0. The Labute approximate surface area is 126 Å². The van der Waals surface area contributed by atoms with Gasteiger partial charge in [-0.1, -0.05) is 25.0 Å². The van der Waals surface area contributed by atoms with Crippen molar-refractivity contribution in [3.8, 4) is 0 Å². The zero-order valence-corrected chi connectivity index (χ0v) is 12.5. The Bertz CT molecular complexity index is 443. The molecule has 2 aliphatic carbocycles. The number of allylic oxidation sites excluding steroid dienone is 2. The molecule has 3 rings (SSSR count). The van der Waals surface area contributed by atoms with Gasteiger partial charge in [-0.05, 0) is 44.4 Å². The van der Waals surface area contributed by atoms with Crippen molar-refractivity contribution in [3.63, 3.8) is 0 Å². The Morgan fingerprint density at radius 2 is 1.62 bits per heavy atom. The number of rotatable bonds is 2. The molecule has 0 aromatic heterocycles. The highest BCUT2D eigenvalue weighted by atomic mass is 16.4. The van der Waals surface area contributed by atoms with Crippen LogP contribution in [-0.2, 0) is 9.59 Å². The zero-order valence-electron chi connectivity index (χ0n) is 12.5. The highest BCUT2D eigenvalue weighted by molar-refractivity contribution is 5.85. The molecule has 1 saturated heterocycles. The molecule has 4 nitrogen and oxygen atoms in total. The smallest absolute Gasteiger partial charge is 0.307 e. The van der Waals surface area contributed by atoms with Crippen LogP contribution in [-0.4, -0.2) is 34.5 Å². The molecule has 21 heavy (non-hydrogen) atoms. The second kappa shape index (κ2) is 6.20. The van der Waals surface area contributed by atoms with Crippen molar-refractivity contribution >= 4 is 11.9 Å². The van der Waals surface area contributed by atoms with E-state index in [2.05, 4.69) is 0 Å². The SMILES string of the molecule is O=C(O)[C@H]1CC=CC[C@H]1C(=O)N1CCC[C@H]2CCCC[C@H]21. The molecule has 0 aromatic rings. The van der Waals surface area contributed by atoms with E-state index in [0.29, 0.717) is 24.8 Å².